The van der Waals surface area contributed by atoms with Gasteiger partial charge in [0.25, 0.3) is 0 Å². The molecule has 1 aromatic carbocycles. The van der Waals surface area contributed by atoms with Crippen LogP contribution in [-0.2, 0) is 15.8 Å². The summed E-state index contributed by atoms with van der Waals surface area (Å²) in [5, 5.41) is 8.77. The quantitative estimate of drug-likeness (QED) is 0.807. The molecule has 1 atom stereocenters. The van der Waals surface area contributed by atoms with Crippen LogP contribution in [0.4, 0.5) is 0 Å². The van der Waals surface area contributed by atoms with E-state index in [2.05, 4.69) is 4.72 Å². The molecular weight excluding hydrogens is 278 g/mol. The van der Waals surface area contributed by atoms with Crippen molar-refractivity contribution in [3.8, 4) is 0 Å². The van der Waals surface area contributed by atoms with Crippen LogP contribution in [-0.4, -0.2) is 26.0 Å². The summed E-state index contributed by atoms with van der Waals surface area (Å²) in [5.74, 6) is -0.493. The van der Waals surface area contributed by atoms with E-state index >= 15 is 0 Å². The average Bonchev–Trinajstić information content (AvgIpc) is 2.36. The van der Waals surface area contributed by atoms with Gasteiger partial charge in [-0.3, -0.25) is 0 Å². The van der Waals surface area contributed by atoms with Crippen molar-refractivity contribution >= 4 is 16.0 Å². The van der Waals surface area contributed by atoms with Crippen LogP contribution in [0.1, 0.15) is 36.7 Å². The van der Waals surface area contributed by atoms with Crippen LogP contribution >= 0.6 is 0 Å². The van der Waals surface area contributed by atoms with Gasteiger partial charge in [-0.15, -0.1) is 0 Å². The zero-order valence-electron chi connectivity index (χ0n) is 12.0. The number of carboxylic acid groups (broad SMARTS) is 1. The summed E-state index contributed by atoms with van der Waals surface area (Å²) < 4.78 is 26.4. The topological polar surface area (TPSA) is 83.5 Å². The summed E-state index contributed by atoms with van der Waals surface area (Å²) in [6.07, 6.45) is 0. The highest BCUT2D eigenvalue weighted by atomic mass is 32.2. The van der Waals surface area contributed by atoms with Gasteiger partial charge in [0, 0.05) is 6.54 Å². The van der Waals surface area contributed by atoms with Crippen molar-refractivity contribution in [2.75, 3.05) is 6.54 Å². The van der Waals surface area contributed by atoms with Crippen molar-refractivity contribution in [1.29, 1.82) is 0 Å². The van der Waals surface area contributed by atoms with E-state index in [1.807, 2.05) is 20.8 Å². The fourth-order valence-corrected chi connectivity index (χ4v) is 2.76. The molecule has 0 saturated carbocycles. The van der Waals surface area contributed by atoms with Gasteiger partial charge in [0.05, 0.1) is 11.3 Å². The molecule has 1 aromatic rings. The monoisotopic (exact) mass is 299 g/mol. The van der Waals surface area contributed by atoms with Crippen LogP contribution < -0.4 is 4.72 Å². The minimum atomic E-state index is -3.39. The fraction of sp³-hybridized carbons (Fsp3) is 0.500. The normalized spacial score (nSPS) is 13.4. The molecule has 0 fully saturated rings. The lowest BCUT2D eigenvalue weighted by atomic mass is 9.99. The van der Waals surface area contributed by atoms with E-state index in [1.54, 1.807) is 0 Å². The maximum absolute atomic E-state index is 11.9. The maximum Gasteiger partial charge on any atom is 0.335 e. The first-order chi connectivity index (χ1) is 9.21. The Labute approximate surface area is 120 Å². The second-order valence-corrected chi connectivity index (χ2v) is 7.14. The Morgan fingerprint density at radius 1 is 1.20 bits per heavy atom. The number of benzene rings is 1. The fourth-order valence-electron chi connectivity index (χ4n) is 1.51. The molecule has 0 heterocycles. The van der Waals surface area contributed by atoms with Crippen LogP contribution in [0.2, 0.25) is 0 Å². The molecule has 5 nitrogen and oxygen atoms in total. The number of nitrogens with one attached hydrogen (secondary N) is 1. The number of rotatable bonds is 7. The Kier molecular flexibility index (Phi) is 5.71. The van der Waals surface area contributed by atoms with Crippen molar-refractivity contribution in [1.82, 2.24) is 4.72 Å². The minimum absolute atomic E-state index is 0.141. The van der Waals surface area contributed by atoms with E-state index < -0.39 is 16.0 Å². The van der Waals surface area contributed by atoms with Gasteiger partial charge in [-0.2, -0.15) is 0 Å². The van der Waals surface area contributed by atoms with Crippen LogP contribution in [0, 0.1) is 11.8 Å². The smallest absolute Gasteiger partial charge is 0.335 e. The summed E-state index contributed by atoms with van der Waals surface area (Å²) >= 11 is 0. The van der Waals surface area contributed by atoms with E-state index in [0.29, 0.717) is 18.0 Å². The highest BCUT2D eigenvalue weighted by Crippen LogP contribution is 2.11. The van der Waals surface area contributed by atoms with Gasteiger partial charge < -0.3 is 5.11 Å². The molecule has 0 aliphatic rings. The Bertz CT molecular complexity index is 549. The standard InChI is InChI=1S/C14H21NO4S/c1-10(2)11(3)8-15-20(18,19)9-12-4-6-13(7-5-12)14(16)17/h4-7,10-11,15H,8-9H2,1-3H3,(H,16,17). The summed E-state index contributed by atoms with van der Waals surface area (Å²) in [7, 11) is -3.39. The highest BCUT2D eigenvalue weighted by Gasteiger charge is 2.15. The number of hydrogen-bond donors (Lipinski definition) is 2. The molecule has 112 valence electrons. The lowest BCUT2D eigenvalue weighted by Gasteiger charge is -2.16. The molecular formula is C14H21NO4S. The number of sulfonamides is 1. The van der Waals surface area contributed by atoms with Gasteiger partial charge in [0.2, 0.25) is 10.0 Å². The minimum Gasteiger partial charge on any atom is -0.478 e. The molecule has 0 saturated heterocycles. The molecule has 0 aliphatic carbocycles. The summed E-state index contributed by atoms with van der Waals surface area (Å²) in [6.45, 7) is 6.50. The Balaban J connectivity index is 2.64. The molecule has 0 amide bonds. The van der Waals surface area contributed by atoms with E-state index in [4.69, 9.17) is 5.11 Å². The zero-order valence-corrected chi connectivity index (χ0v) is 12.8. The third-order valence-electron chi connectivity index (χ3n) is 3.32. The first-order valence-electron chi connectivity index (χ1n) is 6.51. The van der Waals surface area contributed by atoms with Crippen molar-refractivity contribution in [3.63, 3.8) is 0 Å². The molecule has 0 radical (unpaired) electrons. The second kappa shape index (κ2) is 6.85. The number of hydrogen-bond acceptors (Lipinski definition) is 3. The molecule has 20 heavy (non-hydrogen) atoms. The molecule has 1 unspecified atom stereocenters. The van der Waals surface area contributed by atoms with E-state index in [9.17, 15) is 13.2 Å². The van der Waals surface area contributed by atoms with Crippen molar-refractivity contribution in [3.05, 3.63) is 35.4 Å². The second-order valence-electron chi connectivity index (χ2n) is 5.33. The van der Waals surface area contributed by atoms with Gasteiger partial charge in [-0.05, 0) is 29.5 Å². The molecule has 0 aliphatic heterocycles. The van der Waals surface area contributed by atoms with Crippen LogP contribution in [0.25, 0.3) is 0 Å². The van der Waals surface area contributed by atoms with Crippen molar-refractivity contribution in [2.45, 2.75) is 26.5 Å². The predicted molar refractivity (Wildman–Crippen MR) is 78.0 cm³/mol. The van der Waals surface area contributed by atoms with Crippen LogP contribution in [0.3, 0.4) is 0 Å². The largest absolute Gasteiger partial charge is 0.478 e. The third kappa shape index (κ3) is 5.30. The van der Waals surface area contributed by atoms with Gasteiger partial charge in [-0.25, -0.2) is 17.9 Å². The highest BCUT2D eigenvalue weighted by molar-refractivity contribution is 7.88. The van der Waals surface area contributed by atoms with Gasteiger partial charge in [-0.1, -0.05) is 32.9 Å². The number of carboxylic acids is 1. The van der Waals surface area contributed by atoms with Crippen LogP contribution in [0.15, 0.2) is 24.3 Å². The first kappa shape index (κ1) is 16.7. The Morgan fingerprint density at radius 2 is 1.75 bits per heavy atom. The third-order valence-corrected chi connectivity index (χ3v) is 4.64. The van der Waals surface area contributed by atoms with E-state index in [1.165, 1.54) is 24.3 Å². The molecule has 0 aromatic heterocycles. The lowest BCUT2D eigenvalue weighted by molar-refractivity contribution is 0.0697. The van der Waals surface area contributed by atoms with Crippen molar-refractivity contribution in [2.24, 2.45) is 11.8 Å². The first-order valence-corrected chi connectivity index (χ1v) is 8.16. The summed E-state index contributed by atoms with van der Waals surface area (Å²) in [6, 6.07) is 5.86. The van der Waals surface area contributed by atoms with Crippen LogP contribution in [0.5, 0.6) is 0 Å². The van der Waals surface area contributed by atoms with E-state index in [-0.39, 0.29) is 17.2 Å². The Morgan fingerprint density at radius 3 is 2.20 bits per heavy atom. The average molecular weight is 299 g/mol. The maximum atomic E-state index is 11.9. The van der Waals surface area contributed by atoms with Gasteiger partial charge >= 0.3 is 5.97 Å². The van der Waals surface area contributed by atoms with Gasteiger partial charge in [0.1, 0.15) is 0 Å². The predicted octanol–water partition coefficient (Wildman–Crippen LogP) is 2.10. The molecule has 0 spiro atoms. The van der Waals surface area contributed by atoms with Crippen molar-refractivity contribution < 1.29 is 18.3 Å². The lowest BCUT2D eigenvalue weighted by Crippen LogP contribution is -2.31. The summed E-state index contributed by atoms with van der Waals surface area (Å²) in [5.41, 5.74) is 0.715. The molecule has 0 bridgehead atoms. The summed E-state index contributed by atoms with van der Waals surface area (Å²) in [4.78, 5) is 10.7. The molecule has 2 N–H and O–H groups in total. The number of carbonyl (C=O) groups is 1. The Hall–Kier alpha value is -1.40. The number of aromatic carboxylic acids is 1. The molecule has 1 rings (SSSR count). The molecule has 6 heteroatoms. The van der Waals surface area contributed by atoms with Gasteiger partial charge in [0.15, 0.2) is 0 Å². The van der Waals surface area contributed by atoms with E-state index in [0.717, 1.165) is 0 Å². The zero-order chi connectivity index (χ0) is 15.3. The SMILES string of the molecule is CC(C)C(C)CNS(=O)(=O)Cc1ccc(C(=O)O)cc1.